The Bertz CT molecular complexity index is 452. The van der Waals surface area contributed by atoms with Gasteiger partial charge in [0.1, 0.15) is 0 Å². The summed E-state index contributed by atoms with van der Waals surface area (Å²) in [6, 6.07) is 0. The van der Waals surface area contributed by atoms with E-state index in [1.165, 1.54) is 0 Å². The van der Waals surface area contributed by atoms with Gasteiger partial charge in [0.25, 0.3) is 5.56 Å². The zero-order valence-corrected chi connectivity index (χ0v) is 12.6. The van der Waals surface area contributed by atoms with Gasteiger partial charge in [-0.1, -0.05) is 13.8 Å². The van der Waals surface area contributed by atoms with Crippen molar-refractivity contribution in [1.82, 2.24) is 9.55 Å². The summed E-state index contributed by atoms with van der Waals surface area (Å²) >= 11 is 0. The number of rotatable bonds is 7. The highest BCUT2D eigenvalue weighted by Crippen LogP contribution is 2.09. The number of aromatic nitrogens is 2. The minimum Gasteiger partial charge on any atom is -0.374 e. The van der Waals surface area contributed by atoms with Crippen LogP contribution in [0.25, 0.3) is 0 Å². The lowest BCUT2D eigenvalue weighted by Gasteiger charge is -2.25. The molecule has 0 bridgehead atoms. The molecule has 5 nitrogen and oxygen atoms in total. The second kappa shape index (κ2) is 6.70. The van der Waals surface area contributed by atoms with Crippen molar-refractivity contribution in [3.8, 4) is 0 Å². The Hall–Kier alpha value is -1.36. The first-order valence-electron chi connectivity index (χ1n) is 6.79. The number of nitrogens with one attached hydrogen (secondary N) is 1. The Balaban J connectivity index is 2.77. The van der Waals surface area contributed by atoms with Crippen LogP contribution >= 0.6 is 0 Å². The number of hydrogen-bond donors (Lipinski definition) is 1. The molecule has 0 radical (unpaired) electrons. The minimum absolute atomic E-state index is 0.0801. The van der Waals surface area contributed by atoms with Gasteiger partial charge in [0, 0.05) is 32.1 Å². The van der Waals surface area contributed by atoms with Crippen LogP contribution in [0.2, 0.25) is 0 Å². The molecule has 0 aliphatic heterocycles. The molecule has 1 N–H and O–H groups in total. The van der Waals surface area contributed by atoms with Gasteiger partial charge in [-0.25, -0.2) is 4.98 Å². The molecule has 0 atom stereocenters. The number of hydrogen-bond acceptors (Lipinski definition) is 4. The normalized spacial score (nSPS) is 11.9. The zero-order chi connectivity index (χ0) is 14.5. The molecule has 108 valence electrons. The lowest BCUT2D eigenvalue weighted by Crippen LogP contribution is -2.36. The summed E-state index contributed by atoms with van der Waals surface area (Å²) in [4.78, 5) is 16.3. The van der Waals surface area contributed by atoms with Gasteiger partial charge in [-0.3, -0.25) is 4.79 Å². The van der Waals surface area contributed by atoms with Gasteiger partial charge in [0.15, 0.2) is 5.82 Å². The number of nitrogens with zero attached hydrogens (tertiary/aromatic N) is 2. The van der Waals surface area contributed by atoms with Crippen LogP contribution in [0.5, 0.6) is 0 Å². The Morgan fingerprint density at radius 2 is 2.16 bits per heavy atom. The van der Waals surface area contributed by atoms with Gasteiger partial charge in [-0.2, -0.15) is 0 Å². The summed E-state index contributed by atoms with van der Waals surface area (Å²) in [5.74, 6) is 0.809. The van der Waals surface area contributed by atoms with E-state index in [-0.39, 0.29) is 11.2 Å². The zero-order valence-electron chi connectivity index (χ0n) is 12.6. The summed E-state index contributed by atoms with van der Waals surface area (Å²) in [7, 11) is 0. The topological polar surface area (TPSA) is 56.1 Å². The van der Waals surface area contributed by atoms with Crippen molar-refractivity contribution >= 4 is 5.82 Å². The van der Waals surface area contributed by atoms with E-state index in [1.807, 2.05) is 20.8 Å². The van der Waals surface area contributed by atoms with Crippen molar-refractivity contribution in [2.24, 2.45) is 5.92 Å². The van der Waals surface area contributed by atoms with E-state index in [9.17, 15) is 4.79 Å². The third-order valence-corrected chi connectivity index (χ3v) is 2.69. The van der Waals surface area contributed by atoms with Gasteiger partial charge in [-0.15, -0.1) is 0 Å². The van der Waals surface area contributed by atoms with E-state index < -0.39 is 0 Å². The Morgan fingerprint density at radius 3 is 2.74 bits per heavy atom. The van der Waals surface area contributed by atoms with E-state index in [0.29, 0.717) is 31.4 Å². The third-order valence-electron chi connectivity index (χ3n) is 2.69. The van der Waals surface area contributed by atoms with Crippen molar-refractivity contribution in [2.75, 3.05) is 18.5 Å². The van der Waals surface area contributed by atoms with Gasteiger partial charge in [0.05, 0.1) is 5.60 Å². The summed E-state index contributed by atoms with van der Waals surface area (Å²) in [6.07, 6.45) is 3.38. The van der Waals surface area contributed by atoms with Gasteiger partial charge >= 0.3 is 0 Å². The molecule has 5 heteroatoms. The Kier molecular flexibility index (Phi) is 5.54. The Labute approximate surface area is 115 Å². The van der Waals surface area contributed by atoms with Crippen LogP contribution in [-0.4, -0.2) is 28.3 Å². The van der Waals surface area contributed by atoms with Crippen molar-refractivity contribution in [3.63, 3.8) is 0 Å². The average Bonchev–Trinajstić information content (AvgIpc) is 2.29. The van der Waals surface area contributed by atoms with Crippen LogP contribution in [0, 0.1) is 5.92 Å². The van der Waals surface area contributed by atoms with Crippen molar-refractivity contribution < 1.29 is 4.74 Å². The van der Waals surface area contributed by atoms with E-state index >= 15 is 0 Å². The lowest BCUT2D eigenvalue weighted by atomic mass is 10.1. The summed E-state index contributed by atoms with van der Waals surface area (Å²) < 4.78 is 7.27. The average molecular weight is 267 g/mol. The largest absolute Gasteiger partial charge is 0.374 e. The highest BCUT2D eigenvalue weighted by atomic mass is 16.5. The van der Waals surface area contributed by atoms with Gasteiger partial charge in [0.2, 0.25) is 0 Å². The first-order valence-corrected chi connectivity index (χ1v) is 6.79. The first kappa shape index (κ1) is 15.7. The fraction of sp³-hybridized carbons (Fsp3) is 0.714. The third kappa shape index (κ3) is 5.03. The highest BCUT2D eigenvalue weighted by molar-refractivity contribution is 5.31. The maximum Gasteiger partial charge on any atom is 0.293 e. The van der Waals surface area contributed by atoms with Crippen LogP contribution in [0.1, 0.15) is 34.6 Å². The predicted octanol–water partition coefficient (Wildman–Crippen LogP) is 2.13. The lowest BCUT2D eigenvalue weighted by molar-refractivity contribution is 0.000617. The molecule has 1 rings (SSSR count). The summed E-state index contributed by atoms with van der Waals surface area (Å²) in [5, 5.41) is 3.08. The Morgan fingerprint density at radius 1 is 1.47 bits per heavy atom. The van der Waals surface area contributed by atoms with E-state index in [0.717, 1.165) is 0 Å². The molecule has 1 aromatic rings. The smallest absolute Gasteiger partial charge is 0.293 e. The van der Waals surface area contributed by atoms with Crippen LogP contribution in [0.3, 0.4) is 0 Å². The standard InChI is InChI=1S/C14H25N3O2/c1-6-19-14(4,5)10-16-12-13(18)17(8-7-15-12)9-11(2)3/h7-8,11H,6,9-10H2,1-5H3,(H,15,16). The fourth-order valence-corrected chi connectivity index (χ4v) is 1.84. The van der Waals surface area contributed by atoms with Crippen LogP contribution in [-0.2, 0) is 11.3 Å². The predicted molar refractivity (Wildman–Crippen MR) is 77.5 cm³/mol. The van der Waals surface area contributed by atoms with E-state index in [2.05, 4.69) is 24.1 Å². The molecular weight excluding hydrogens is 242 g/mol. The quantitative estimate of drug-likeness (QED) is 0.822. The monoisotopic (exact) mass is 267 g/mol. The fourth-order valence-electron chi connectivity index (χ4n) is 1.84. The maximum absolute atomic E-state index is 12.2. The van der Waals surface area contributed by atoms with Crippen molar-refractivity contribution in [3.05, 3.63) is 22.7 Å². The molecule has 1 heterocycles. The van der Waals surface area contributed by atoms with E-state index in [4.69, 9.17) is 4.74 Å². The highest BCUT2D eigenvalue weighted by Gasteiger charge is 2.18. The summed E-state index contributed by atoms with van der Waals surface area (Å²) in [5.41, 5.74) is -0.398. The molecule has 0 unspecified atom stereocenters. The number of ether oxygens (including phenoxy) is 1. The molecule has 0 fully saturated rings. The molecule has 0 aromatic carbocycles. The summed E-state index contributed by atoms with van der Waals surface area (Å²) in [6.45, 7) is 12.0. The SMILES string of the molecule is CCOC(C)(C)CNc1nccn(CC(C)C)c1=O. The molecule has 0 aliphatic rings. The van der Waals surface area contributed by atoms with E-state index in [1.54, 1.807) is 17.0 Å². The molecule has 0 amide bonds. The molecule has 0 spiro atoms. The second-order valence-electron chi connectivity index (χ2n) is 5.67. The second-order valence-corrected chi connectivity index (χ2v) is 5.67. The van der Waals surface area contributed by atoms with Gasteiger partial charge < -0.3 is 14.6 Å². The van der Waals surface area contributed by atoms with Gasteiger partial charge in [-0.05, 0) is 26.7 Å². The van der Waals surface area contributed by atoms with Crippen LogP contribution in [0.15, 0.2) is 17.2 Å². The molecule has 0 aliphatic carbocycles. The minimum atomic E-state index is -0.318. The van der Waals surface area contributed by atoms with Crippen LogP contribution in [0.4, 0.5) is 5.82 Å². The van der Waals surface area contributed by atoms with Crippen LogP contribution < -0.4 is 10.9 Å². The molecule has 0 saturated heterocycles. The molecule has 0 saturated carbocycles. The maximum atomic E-state index is 12.2. The molecular formula is C14H25N3O2. The number of anilines is 1. The molecule has 19 heavy (non-hydrogen) atoms. The first-order chi connectivity index (χ1) is 8.85. The molecule has 1 aromatic heterocycles. The van der Waals surface area contributed by atoms with Crippen molar-refractivity contribution in [2.45, 2.75) is 46.8 Å². The van der Waals surface area contributed by atoms with Crippen molar-refractivity contribution in [1.29, 1.82) is 0 Å².